The van der Waals surface area contributed by atoms with Gasteiger partial charge in [0, 0.05) is 5.69 Å². The lowest BCUT2D eigenvalue weighted by atomic mass is 10.1. The van der Waals surface area contributed by atoms with Crippen molar-refractivity contribution in [2.24, 2.45) is 0 Å². The van der Waals surface area contributed by atoms with Gasteiger partial charge in [0.1, 0.15) is 17.1 Å². The Bertz CT molecular complexity index is 822. The van der Waals surface area contributed by atoms with Crippen LogP contribution in [0.1, 0.15) is 22.8 Å². The molecule has 1 N–H and O–H groups in total. The summed E-state index contributed by atoms with van der Waals surface area (Å²) in [5, 5.41) is 3.00. The number of esters is 1. The zero-order chi connectivity index (χ0) is 19.3. The van der Waals surface area contributed by atoms with Gasteiger partial charge in [0.05, 0.1) is 19.2 Å². The molecule has 2 aromatic rings. The van der Waals surface area contributed by atoms with Crippen molar-refractivity contribution in [3.8, 4) is 11.5 Å². The minimum absolute atomic E-state index is 0.264. The van der Waals surface area contributed by atoms with Crippen LogP contribution in [-0.2, 0) is 9.53 Å². The zero-order valence-corrected chi connectivity index (χ0v) is 15.7. The molecule has 0 fully saturated rings. The normalized spacial score (nSPS) is 11.4. The number of methoxy groups -OCH3 is 2. The number of hydrogen-bond acceptors (Lipinski definition) is 5. The Balaban J connectivity index is 2.06. The van der Waals surface area contributed by atoms with Gasteiger partial charge in [0.15, 0.2) is 6.10 Å². The molecule has 2 aromatic carbocycles. The summed E-state index contributed by atoms with van der Waals surface area (Å²) in [5.41, 5.74) is 1.61. The van der Waals surface area contributed by atoms with E-state index < -0.39 is 18.0 Å². The average Bonchev–Trinajstić information content (AvgIpc) is 2.61. The highest BCUT2D eigenvalue weighted by molar-refractivity contribution is 6.32. The highest BCUT2D eigenvalue weighted by Gasteiger charge is 2.22. The summed E-state index contributed by atoms with van der Waals surface area (Å²) in [6.07, 6.45) is -1.01. The number of hydrogen-bond donors (Lipinski definition) is 1. The van der Waals surface area contributed by atoms with Gasteiger partial charge in [-0.15, -0.1) is 0 Å². The highest BCUT2D eigenvalue weighted by atomic mass is 35.5. The lowest BCUT2D eigenvalue weighted by molar-refractivity contribution is -0.123. The van der Waals surface area contributed by atoms with Gasteiger partial charge in [0.2, 0.25) is 0 Å². The van der Waals surface area contributed by atoms with E-state index in [0.29, 0.717) is 22.2 Å². The van der Waals surface area contributed by atoms with Crippen LogP contribution >= 0.6 is 11.6 Å². The van der Waals surface area contributed by atoms with Crippen LogP contribution in [0.25, 0.3) is 0 Å². The third-order valence-electron chi connectivity index (χ3n) is 3.65. The molecule has 0 spiro atoms. The Labute approximate surface area is 157 Å². The fraction of sp³-hybridized carbons (Fsp3) is 0.263. The van der Waals surface area contributed by atoms with Crippen LogP contribution in [0, 0.1) is 6.92 Å². The summed E-state index contributed by atoms with van der Waals surface area (Å²) in [6.45, 7) is 3.33. The van der Waals surface area contributed by atoms with Crippen LogP contribution in [-0.4, -0.2) is 32.2 Å². The summed E-state index contributed by atoms with van der Waals surface area (Å²) in [4.78, 5) is 24.6. The van der Waals surface area contributed by atoms with Crippen LogP contribution in [0.4, 0.5) is 5.69 Å². The van der Waals surface area contributed by atoms with Crippen molar-refractivity contribution in [3.05, 3.63) is 52.5 Å². The minimum atomic E-state index is -1.01. The second-order valence-corrected chi connectivity index (χ2v) is 6.00. The zero-order valence-electron chi connectivity index (χ0n) is 15.0. The number of nitrogens with one attached hydrogen (secondary N) is 1. The number of ether oxygens (including phenoxy) is 3. The van der Waals surface area contributed by atoms with Crippen LogP contribution in [0.3, 0.4) is 0 Å². The minimum Gasteiger partial charge on any atom is -0.496 e. The summed E-state index contributed by atoms with van der Waals surface area (Å²) in [6, 6.07) is 9.97. The van der Waals surface area contributed by atoms with Gasteiger partial charge in [-0.25, -0.2) is 4.79 Å². The number of benzene rings is 2. The average molecular weight is 378 g/mol. The molecular weight excluding hydrogens is 358 g/mol. The number of anilines is 1. The van der Waals surface area contributed by atoms with Gasteiger partial charge in [-0.1, -0.05) is 23.2 Å². The first-order valence-electron chi connectivity index (χ1n) is 7.85. The summed E-state index contributed by atoms with van der Waals surface area (Å²) >= 11 is 6.03. The van der Waals surface area contributed by atoms with Crippen molar-refractivity contribution in [2.75, 3.05) is 19.5 Å². The maximum atomic E-state index is 12.4. The predicted octanol–water partition coefficient (Wildman–Crippen LogP) is 3.85. The third-order valence-corrected chi connectivity index (χ3v) is 3.94. The van der Waals surface area contributed by atoms with Crippen molar-refractivity contribution in [1.82, 2.24) is 0 Å². The number of carbonyl (C=O) groups is 2. The van der Waals surface area contributed by atoms with Crippen molar-refractivity contribution >= 4 is 29.2 Å². The van der Waals surface area contributed by atoms with Gasteiger partial charge < -0.3 is 19.5 Å². The first kappa shape index (κ1) is 19.6. The summed E-state index contributed by atoms with van der Waals surface area (Å²) < 4.78 is 15.5. The first-order valence-corrected chi connectivity index (χ1v) is 8.23. The standard InChI is InChI=1S/C19H20ClNO5/c1-11-5-7-16(24-3)14(9-11)19(23)26-12(2)18(22)21-13-6-8-17(25-4)15(20)10-13/h5-10,12H,1-4H3,(H,21,22)/t12-/m0/s1. The van der Waals surface area contributed by atoms with Crippen molar-refractivity contribution in [3.63, 3.8) is 0 Å². The van der Waals surface area contributed by atoms with E-state index in [1.54, 1.807) is 30.3 Å². The van der Waals surface area contributed by atoms with E-state index in [2.05, 4.69) is 5.32 Å². The Morgan fingerprint density at radius 1 is 1.04 bits per heavy atom. The predicted molar refractivity (Wildman–Crippen MR) is 99.2 cm³/mol. The lowest BCUT2D eigenvalue weighted by Gasteiger charge is -2.15. The molecule has 0 bridgehead atoms. The maximum Gasteiger partial charge on any atom is 0.342 e. The molecular formula is C19H20ClNO5. The van der Waals surface area contributed by atoms with Gasteiger partial charge in [-0.05, 0) is 44.2 Å². The van der Waals surface area contributed by atoms with Crippen LogP contribution in [0.15, 0.2) is 36.4 Å². The second kappa shape index (κ2) is 8.58. The molecule has 7 heteroatoms. The molecule has 0 saturated heterocycles. The molecule has 1 amide bonds. The Hall–Kier alpha value is -2.73. The number of amides is 1. The highest BCUT2D eigenvalue weighted by Crippen LogP contribution is 2.27. The molecule has 0 aliphatic carbocycles. The Morgan fingerprint density at radius 2 is 1.69 bits per heavy atom. The van der Waals surface area contributed by atoms with Crippen molar-refractivity contribution in [2.45, 2.75) is 20.0 Å². The topological polar surface area (TPSA) is 73.9 Å². The molecule has 2 rings (SSSR count). The first-order chi connectivity index (χ1) is 12.3. The molecule has 0 aromatic heterocycles. The second-order valence-electron chi connectivity index (χ2n) is 5.59. The maximum absolute atomic E-state index is 12.4. The molecule has 0 unspecified atom stereocenters. The monoisotopic (exact) mass is 377 g/mol. The molecule has 0 aliphatic rings. The molecule has 0 heterocycles. The smallest absolute Gasteiger partial charge is 0.342 e. The molecule has 0 radical (unpaired) electrons. The van der Waals surface area contributed by atoms with E-state index in [1.165, 1.54) is 21.1 Å². The van der Waals surface area contributed by atoms with Gasteiger partial charge in [0.25, 0.3) is 5.91 Å². The number of rotatable bonds is 6. The number of halogens is 1. The van der Waals surface area contributed by atoms with E-state index in [4.69, 9.17) is 25.8 Å². The molecule has 1 atom stereocenters. The number of carbonyl (C=O) groups excluding carboxylic acids is 2. The van der Waals surface area contributed by atoms with E-state index in [9.17, 15) is 9.59 Å². The number of aryl methyl sites for hydroxylation is 1. The summed E-state index contributed by atoms with van der Waals surface area (Å²) in [5.74, 6) is -0.238. The van der Waals surface area contributed by atoms with Crippen molar-refractivity contribution in [1.29, 1.82) is 0 Å². The van der Waals surface area contributed by atoms with Gasteiger partial charge in [-0.2, -0.15) is 0 Å². The molecule has 138 valence electrons. The fourth-order valence-corrected chi connectivity index (χ4v) is 2.50. The molecule has 0 aliphatic heterocycles. The van der Waals surface area contributed by atoms with E-state index >= 15 is 0 Å². The van der Waals surface area contributed by atoms with E-state index in [1.807, 2.05) is 13.0 Å². The molecule has 26 heavy (non-hydrogen) atoms. The third kappa shape index (κ3) is 4.67. The summed E-state index contributed by atoms with van der Waals surface area (Å²) in [7, 11) is 2.96. The van der Waals surface area contributed by atoms with Crippen LogP contribution in [0.2, 0.25) is 5.02 Å². The largest absolute Gasteiger partial charge is 0.496 e. The Morgan fingerprint density at radius 3 is 2.31 bits per heavy atom. The van der Waals surface area contributed by atoms with E-state index in [0.717, 1.165) is 5.56 Å². The fourth-order valence-electron chi connectivity index (χ4n) is 2.25. The van der Waals surface area contributed by atoms with Crippen LogP contribution < -0.4 is 14.8 Å². The SMILES string of the molecule is COc1ccc(NC(=O)[C@H](C)OC(=O)c2cc(C)ccc2OC)cc1Cl. The molecule has 6 nitrogen and oxygen atoms in total. The lowest BCUT2D eigenvalue weighted by Crippen LogP contribution is -2.30. The Kier molecular flexibility index (Phi) is 6.46. The van der Waals surface area contributed by atoms with Gasteiger partial charge >= 0.3 is 5.97 Å². The van der Waals surface area contributed by atoms with Gasteiger partial charge in [-0.3, -0.25) is 4.79 Å². The quantitative estimate of drug-likeness (QED) is 0.774. The van der Waals surface area contributed by atoms with E-state index in [-0.39, 0.29) is 5.56 Å². The molecule has 0 saturated carbocycles. The van der Waals surface area contributed by atoms with Crippen molar-refractivity contribution < 1.29 is 23.8 Å². The van der Waals surface area contributed by atoms with Crippen LogP contribution in [0.5, 0.6) is 11.5 Å².